The lowest BCUT2D eigenvalue weighted by molar-refractivity contribution is 0.0952. The number of aryl methyl sites for hydroxylation is 1. The maximum Gasteiger partial charge on any atom is 0.275 e. The van der Waals surface area contributed by atoms with Gasteiger partial charge in [0.05, 0.1) is 11.8 Å². The zero-order chi connectivity index (χ0) is 22.3. The summed E-state index contributed by atoms with van der Waals surface area (Å²) in [7, 11) is 2.15. The van der Waals surface area contributed by atoms with Crippen LogP contribution in [-0.2, 0) is 0 Å². The van der Waals surface area contributed by atoms with E-state index < -0.39 is 5.91 Å². The molecule has 2 N–H and O–H groups in total. The number of anilines is 1. The normalized spacial score (nSPS) is 17.7. The number of carbonyl (C=O) groups excluding carboxylic acids is 1. The Morgan fingerprint density at radius 1 is 1.19 bits per heavy atom. The van der Waals surface area contributed by atoms with Crippen molar-refractivity contribution < 1.29 is 9.90 Å². The van der Waals surface area contributed by atoms with E-state index in [0.29, 0.717) is 5.92 Å². The molecule has 0 radical (unpaired) electrons. The van der Waals surface area contributed by atoms with Gasteiger partial charge in [-0.25, -0.2) is 5.43 Å². The molecule has 0 saturated carbocycles. The highest BCUT2D eigenvalue weighted by Crippen LogP contribution is 2.43. The van der Waals surface area contributed by atoms with Crippen molar-refractivity contribution in [3.05, 3.63) is 70.8 Å². The Bertz CT molecular complexity index is 1200. The second-order valence-corrected chi connectivity index (χ2v) is 9.16. The van der Waals surface area contributed by atoms with E-state index in [9.17, 15) is 9.90 Å². The Hall–Kier alpha value is -3.34. The third kappa shape index (κ3) is 3.88. The summed E-state index contributed by atoms with van der Waals surface area (Å²) in [6, 6.07) is 15.2. The van der Waals surface area contributed by atoms with Gasteiger partial charge in [0.15, 0.2) is 0 Å². The average Bonchev–Trinajstić information content (AvgIpc) is 2.72. The van der Waals surface area contributed by atoms with Crippen molar-refractivity contribution in [2.24, 2.45) is 5.10 Å². The van der Waals surface area contributed by atoms with Gasteiger partial charge in [0.2, 0.25) is 0 Å². The van der Waals surface area contributed by atoms with Gasteiger partial charge in [0.1, 0.15) is 5.75 Å². The minimum absolute atomic E-state index is 0.0594. The summed E-state index contributed by atoms with van der Waals surface area (Å²) in [6.07, 6.45) is 2.76. The van der Waals surface area contributed by atoms with Crippen molar-refractivity contribution in [3.8, 4) is 5.75 Å². The number of phenols is 1. The van der Waals surface area contributed by atoms with Crippen LogP contribution in [-0.4, -0.2) is 29.8 Å². The van der Waals surface area contributed by atoms with E-state index >= 15 is 0 Å². The monoisotopic (exact) mass is 415 g/mol. The molecule has 0 spiro atoms. The van der Waals surface area contributed by atoms with Crippen LogP contribution in [0.2, 0.25) is 0 Å². The minimum atomic E-state index is -0.440. The van der Waals surface area contributed by atoms with Crippen molar-refractivity contribution in [1.29, 1.82) is 0 Å². The van der Waals surface area contributed by atoms with E-state index in [0.717, 1.165) is 28.3 Å². The Kier molecular flexibility index (Phi) is 5.21. The first kappa shape index (κ1) is 20.9. The lowest BCUT2D eigenvalue weighted by Gasteiger charge is -2.45. The van der Waals surface area contributed by atoms with Crippen LogP contribution in [0.4, 0.5) is 5.69 Å². The maximum absolute atomic E-state index is 12.6. The van der Waals surface area contributed by atoms with Gasteiger partial charge in [-0.1, -0.05) is 31.2 Å². The average molecular weight is 416 g/mol. The van der Waals surface area contributed by atoms with E-state index in [1.54, 1.807) is 18.3 Å². The summed E-state index contributed by atoms with van der Waals surface area (Å²) in [6.45, 7) is 8.86. The molecule has 5 nitrogen and oxygen atoms in total. The van der Waals surface area contributed by atoms with Crippen LogP contribution in [0.1, 0.15) is 60.2 Å². The topological polar surface area (TPSA) is 64.9 Å². The molecular formula is C26H29N3O2. The van der Waals surface area contributed by atoms with Gasteiger partial charge in [0.25, 0.3) is 5.91 Å². The molecule has 0 fully saturated rings. The Labute approximate surface area is 183 Å². The largest absolute Gasteiger partial charge is 0.507 e. The van der Waals surface area contributed by atoms with Crippen molar-refractivity contribution >= 4 is 28.6 Å². The van der Waals surface area contributed by atoms with E-state index in [-0.39, 0.29) is 16.9 Å². The molecule has 1 heterocycles. The molecule has 4 rings (SSSR count). The van der Waals surface area contributed by atoms with Crippen LogP contribution in [0.15, 0.2) is 53.6 Å². The summed E-state index contributed by atoms with van der Waals surface area (Å²) >= 11 is 0. The van der Waals surface area contributed by atoms with Crippen molar-refractivity contribution in [3.63, 3.8) is 0 Å². The fourth-order valence-corrected chi connectivity index (χ4v) is 4.50. The molecule has 160 valence electrons. The standard InChI is InChI=1S/C26H29N3O2/c1-16-10-23-21(17(2)14-26(3,4)29(23)5)12-20(16)15-27-28-25(31)22-11-18-8-6-7-9-19(18)13-24(22)30/h6-13,15,17,30H,14H2,1-5H3,(H,28,31)/b27-15-. The predicted molar refractivity (Wildman–Crippen MR) is 127 cm³/mol. The zero-order valence-corrected chi connectivity index (χ0v) is 18.7. The molecule has 1 amide bonds. The highest BCUT2D eigenvalue weighted by molar-refractivity contribution is 6.01. The van der Waals surface area contributed by atoms with Gasteiger partial charge in [-0.2, -0.15) is 5.10 Å². The summed E-state index contributed by atoms with van der Waals surface area (Å²) in [5, 5.41) is 16.2. The Balaban J connectivity index is 1.57. The first-order valence-corrected chi connectivity index (χ1v) is 10.6. The molecular weight excluding hydrogens is 386 g/mol. The number of hydrazone groups is 1. The second-order valence-electron chi connectivity index (χ2n) is 9.16. The van der Waals surface area contributed by atoms with Gasteiger partial charge >= 0.3 is 0 Å². The summed E-state index contributed by atoms with van der Waals surface area (Å²) < 4.78 is 0. The number of nitrogens with zero attached hydrogens (tertiary/aromatic N) is 2. The lowest BCUT2D eigenvalue weighted by Crippen LogP contribution is -2.45. The number of aromatic hydroxyl groups is 1. The number of fused-ring (bicyclic) bond motifs is 2. The number of amides is 1. The van der Waals surface area contributed by atoms with Crippen molar-refractivity contribution in [2.45, 2.75) is 45.6 Å². The van der Waals surface area contributed by atoms with Gasteiger partial charge in [-0.05, 0) is 84.8 Å². The van der Waals surface area contributed by atoms with Crippen LogP contribution >= 0.6 is 0 Å². The summed E-state index contributed by atoms with van der Waals surface area (Å²) in [5.41, 5.74) is 7.50. The molecule has 1 atom stereocenters. The molecule has 3 aromatic carbocycles. The Morgan fingerprint density at radius 3 is 2.58 bits per heavy atom. The van der Waals surface area contributed by atoms with Crippen LogP contribution in [0.5, 0.6) is 5.75 Å². The smallest absolute Gasteiger partial charge is 0.275 e. The maximum atomic E-state index is 12.6. The van der Waals surface area contributed by atoms with E-state index in [1.165, 1.54) is 11.3 Å². The molecule has 5 heteroatoms. The number of hydrogen-bond acceptors (Lipinski definition) is 4. The van der Waals surface area contributed by atoms with Crippen LogP contribution in [0.25, 0.3) is 10.8 Å². The molecule has 0 aliphatic carbocycles. The van der Waals surface area contributed by atoms with E-state index in [2.05, 4.69) is 62.3 Å². The van der Waals surface area contributed by atoms with E-state index in [1.807, 2.05) is 24.3 Å². The van der Waals surface area contributed by atoms with Crippen LogP contribution < -0.4 is 10.3 Å². The quantitative estimate of drug-likeness (QED) is 0.448. The van der Waals surface area contributed by atoms with E-state index in [4.69, 9.17) is 0 Å². The number of hydrogen-bond donors (Lipinski definition) is 2. The van der Waals surface area contributed by atoms with Crippen molar-refractivity contribution in [2.75, 3.05) is 11.9 Å². The predicted octanol–water partition coefficient (Wildman–Crippen LogP) is 5.34. The molecule has 0 bridgehead atoms. The summed E-state index contributed by atoms with van der Waals surface area (Å²) in [5.74, 6) is -0.0566. The highest BCUT2D eigenvalue weighted by atomic mass is 16.3. The van der Waals surface area contributed by atoms with Gasteiger partial charge < -0.3 is 10.0 Å². The fourth-order valence-electron chi connectivity index (χ4n) is 4.50. The Morgan fingerprint density at radius 2 is 1.87 bits per heavy atom. The molecule has 1 aliphatic heterocycles. The molecule has 3 aromatic rings. The molecule has 0 aromatic heterocycles. The molecule has 1 aliphatic rings. The third-order valence-electron chi connectivity index (χ3n) is 6.50. The summed E-state index contributed by atoms with van der Waals surface area (Å²) in [4.78, 5) is 14.9. The minimum Gasteiger partial charge on any atom is -0.507 e. The first-order chi connectivity index (χ1) is 14.7. The number of benzene rings is 3. The third-order valence-corrected chi connectivity index (χ3v) is 6.50. The number of nitrogens with one attached hydrogen (secondary N) is 1. The van der Waals surface area contributed by atoms with Gasteiger partial charge in [-0.15, -0.1) is 0 Å². The SMILES string of the molecule is Cc1cc2c(cc1/C=N\NC(=O)c1cc3ccccc3cc1O)C(C)CC(C)(C)N2C. The van der Waals surface area contributed by atoms with Gasteiger partial charge in [-0.3, -0.25) is 4.79 Å². The number of carbonyl (C=O) groups is 1. The van der Waals surface area contributed by atoms with Crippen LogP contribution in [0, 0.1) is 6.92 Å². The second kappa shape index (κ2) is 7.73. The fraction of sp³-hybridized carbons (Fsp3) is 0.308. The number of rotatable bonds is 3. The highest BCUT2D eigenvalue weighted by Gasteiger charge is 2.34. The molecule has 0 saturated heterocycles. The number of phenolic OH excluding ortho intramolecular Hbond substituents is 1. The van der Waals surface area contributed by atoms with Crippen molar-refractivity contribution in [1.82, 2.24) is 5.43 Å². The lowest BCUT2D eigenvalue weighted by atomic mass is 9.79. The first-order valence-electron chi connectivity index (χ1n) is 10.6. The van der Waals surface area contributed by atoms with Crippen LogP contribution in [0.3, 0.4) is 0 Å². The zero-order valence-electron chi connectivity index (χ0n) is 18.7. The van der Waals surface area contributed by atoms with Gasteiger partial charge in [0, 0.05) is 18.3 Å². The molecule has 31 heavy (non-hydrogen) atoms. The molecule has 1 unspecified atom stereocenters.